The summed E-state index contributed by atoms with van der Waals surface area (Å²) in [5, 5.41) is 4.52. The van der Waals surface area contributed by atoms with E-state index in [1.807, 2.05) is 37.3 Å². The van der Waals surface area contributed by atoms with Crippen molar-refractivity contribution in [2.24, 2.45) is 0 Å². The van der Waals surface area contributed by atoms with E-state index in [9.17, 15) is 0 Å². The average Bonchev–Trinajstić information content (AvgIpc) is 2.84. The third kappa shape index (κ3) is 1.71. The average molecular weight is 277 g/mol. The van der Waals surface area contributed by atoms with Gasteiger partial charge in [0.15, 0.2) is 22.6 Å². The molecule has 0 atom stereocenters. The van der Waals surface area contributed by atoms with Crippen molar-refractivity contribution in [2.75, 3.05) is 5.73 Å². The van der Waals surface area contributed by atoms with Crippen LogP contribution in [0.5, 0.6) is 0 Å². The van der Waals surface area contributed by atoms with Crippen molar-refractivity contribution < 1.29 is 0 Å². The Hall–Kier alpha value is -3.09. The number of fused-ring (bicyclic) bond motifs is 2. The minimum Gasteiger partial charge on any atom is -0.382 e. The molecule has 7 nitrogen and oxygen atoms in total. The van der Waals surface area contributed by atoms with Crippen LogP contribution in [-0.2, 0) is 0 Å². The summed E-state index contributed by atoms with van der Waals surface area (Å²) in [5.41, 5.74) is 9.86. The van der Waals surface area contributed by atoms with E-state index < -0.39 is 0 Å². The number of nitrogen functional groups attached to an aromatic ring is 1. The zero-order valence-corrected chi connectivity index (χ0v) is 11.2. The highest BCUT2D eigenvalue weighted by Crippen LogP contribution is 2.22. The molecular weight excluding hydrogens is 266 g/mol. The Bertz CT molecular complexity index is 959. The minimum atomic E-state index is 0.321. The summed E-state index contributed by atoms with van der Waals surface area (Å²) in [6, 6.07) is 9.79. The van der Waals surface area contributed by atoms with Gasteiger partial charge in [-0.05, 0) is 19.1 Å². The number of nitrogens with zero attached hydrogens (tertiary/aromatic N) is 6. The van der Waals surface area contributed by atoms with E-state index >= 15 is 0 Å². The molecule has 3 heterocycles. The molecule has 2 N–H and O–H groups in total. The lowest BCUT2D eigenvalue weighted by Gasteiger charge is -2.03. The Morgan fingerprint density at radius 1 is 1.00 bits per heavy atom. The molecule has 0 aliphatic rings. The number of para-hydroxylation sites is 1. The van der Waals surface area contributed by atoms with Gasteiger partial charge in [-0.3, -0.25) is 0 Å². The first-order chi connectivity index (χ1) is 10.2. The van der Waals surface area contributed by atoms with Crippen LogP contribution in [0.25, 0.3) is 28.0 Å². The predicted molar refractivity (Wildman–Crippen MR) is 78.9 cm³/mol. The molecule has 1 aromatic carbocycles. The summed E-state index contributed by atoms with van der Waals surface area (Å²) < 4.78 is 1.76. The van der Waals surface area contributed by atoms with Gasteiger partial charge in [0.2, 0.25) is 0 Å². The summed E-state index contributed by atoms with van der Waals surface area (Å²) in [5.74, 6) is 0.321. The maximum absolute atomic E-state index is 5.83. The largest absolute Gasteiger partial charge is 0.382 e. The lowest BCUT2D eigenvalue weighted by atomic mass is 10.3. The van der Waals surface area contributed by atoms with E-state index in [0.717, 1.165) is 11.4 Å². The van der Waals surface area contributed by atoms with Gasteiger partial charge in [0.1, 0.15) is 11.8 Å². The molecule has 4 aromatic rings. The minimum absolute atomic E-state index is 0.321. The topological polar surface area (TPSA) is 95.4 Å². The van der Waals surface area contributed by atoms with Crippen LogP contribution in [0.1, 0.15) is 5.69 Å². The molecule has 102 valence electrons. The fourth-order valence-electron chi connectivity index (χ4n) is 2.27. The normalized spacial score (nSPS) is 11.3. The molecule has 0 spiro atoms. The number of anilines is 1. The number of benzene rings is 1. The first-order valence-electron chi connectivity index (χ1n) is 6.43. The first-order valence-corrected chi connectivity index (χ1v) is 6.43. The van der Waals surface area contributed by atoms with Gasteiger partial charge < -0.3 is 5.73 Å². The maximum atomic E-state index is 5.83. The van der Waals surface area contributed by atoms with E-state index in [0.29, 0.717) is 28.1 Å². The fourth-order valence-corrected chi connectivity index (χ4v) is 2.27. The summed E-state index contributed by atoms with van der Waals surface area (Å²) in [4.78, 5) is 17.1. The third-order valence-electron chi connectivity index (χ3n) is 3.27. The first kappa shape index (κ1) is 11.7. The molecule has 21 heavy (non-hydrogen) atoms. The lowest BCUT2D eigenvalue weighted by molar-refractivity contribution is 0.878. The molecule has 0 saturated heterocycles. The Kier molecular flexibility index (Phi) is 2.34. The van der Waals surface area contributed by atoms with E-state index in [2.05, 4.69) is 25.0 Å². The van der Waals surface area contributed by atoms with Gasteiger partial charge in [-0.25, -0.2) is 24.6 Å². The number of hydrogen-bond acceptors (Lipinski definition) is 6. The van der Waals surface area contributed by atoms with E-state index in [-0.39, 0.29) is 0 Å². The summed E-state index contributed by atoms with van der Waals surface area (Å²) in [6.45, 7) is 1.89. The predicted octanol–water partition coefficient (Wildman–Crippen LogP) is 1.65. The molecule has 0 radical (unpaired) electrons. The molecule has 0 amide bonds. The highest BCUT2D eigenvalue weighted by molar-refractivity contribution is 5.89. The number of hydrogen-bond donors (Lipinski definition) is 1. The maximum Gasteiger partial charge on any atom is 0.185 e. The number of aryl methyl sites for hydroxylation is 1. The zero-order chi connectivity index (χ0) is 14.4. The van der Waals surface area contributed by atoms with Crippen molar-refractivity contribution in [1.29, 1.82) is 0 Å². The van der Waals surface area contributed by atoms with E-state index in [1.54, 1.807) is 4.68 Å². The van der Waals surface area contributed by atoms with Crippen LogP contribution < -0.4 is 5.73 Å². The second-order valence-corrected chi connectivity index (χ2v) is 4.66. The van der Waals surface area contributed by atoms with E-state index in [4.69, 9.17) is 5.73 Å². The Morgan fingerprint density at radius 3 is 2.62 bits per heavy atom. The lowest BCUT2D eigenvalue weighted by Crippen LogP contribution is -2.00. The van der Waals surface area contributed by atoms with Crippen molar-refractivity contribution in [2.45, 2.75) is 6.92 Å². The van der Waals surface area contributed by atoms with Crippen LogP contribution in [0, 0.1) is 6.92 Å². The van der Waals surface area contributed by atoms with Crippen molar-refractivity contribution in [3.63, 3.8) is 0 Å². The van der Waals surface area contributed by atoms with Crippen molar-refractivity contribution in [3.05, 3.63) is 42.4 Å². The van der Waals surface area contributed by atoms with Gasteiger partial charge in [0.25, 0.3) is 0 Å². The summed E-state index contributed by atoms with van der Waals surface area (Å²) >= 11 is 0. The SMILES string of the molecule is Cc1nn(-c2ccccc2)c2nc3ncnc(N)c3nc12. The monoisotopic (exact) mass is 277 g/mol. The molecule has 0 bridgehead atoms. The van der Waals surface area contributed by atoms with Gasteiger partial charge in [-0.1, -0.05) is 18.2 Å². The smallest absolute Gasteiger partial charge is 0.185 e. The van der Waals surface area contributed by atoms with Crippen LogP contribution in [0.4, 0.5) is 5.82 Å². The Balaban J connectivity index is 2.11. The van der Waals surface area contributed by atoms with Crippen LogP contribution in [0.3, 0.4) is 0 Å². The van der Waals surface area contributed by atoms with Crippen molar-refractivity contribution in [3.8, 4) is 5.69 Å². The zero-order valence-electron chi connectivity index (χ0n) is 11.2. The number of nitrogens with two attached hydrogens (primary N) is 1. The molecule has 0 saturated carbocycles. The molecule has 3 aromatic heterocycles. The summed E-state index contributed by atoms with van der Waals surface area (Å²) in [6.07, 6.45) is 1.38. The second kappa shape index (κ2) is 4.20. The summed E-state index contributed by atoms with van der Waals surface area (Å²) in [7, 11) is 0. The standard InChI is InChI=1S/C14H11N7/c1-8-10-14(21(20-8)9-5-3-2-4-6-9)19-13-11(18-10)12(15)16-7-17-13/h2-7H,1H3,(H2,15,16,17,19). The van der Waals surface area contributed by atoms with Gasteiger partial charge in [-0.15, -0.1) is 0 Å². The van der Waals surface area contributed by atoms with Gasteiger partial charge in [0, 0.05) is 0 Å². The van der Waals surface area contributed by atoms with Gasteiger partial charge in [-0.2, -0.15) is 5.10 Å². The quantitative estimate of drug-likeness (QED) is 0.568. The number of aromatic nitrogens is 6. The van der Waals surface area contributed by atoms with Crippen molar-refractivity contribution >= 4 is 28.1 Å². The molecule has 0 unspecified atom stereocenters. The van der Waals surface area contributed by atoms with Crippen LogP contribution in [0.2, 0.25) is 0 Å². The molecule has 0 aliphatic heterocycles. The fraction of sp³-hybridized carbons (Fsp3) is 0.0714. The second-order valence-electron chi connectivity index (χ2n) is 4.66. The van der Waals surface area contributed by atoms with Gasteiger partial charge in [0.05, 0.1) is 11.4 Å². The van der Waals surface area contributed by atoms with Crippen molar-refractivity contribution in [1.82, 2.24) is 29.7 Å². The van der Waals surface area contributed by atoms with Crippen LogP contribution >= 0.6 is 0 Å². The molecular formula is C14H11N7. The highest BCUT2D eigenvalue weighted by Gasteiger charge is 2.15. The highest BCUT2D eigenvalue weighted by atomic mass is 15.3. The number of rotatable bonds is 1. The Labute approximate surface area is 119 Å². The van der Waals surface area contributed by atoms with Crippen LogP contribution in [-0.4, -0.2) is 29.7 Å². The molecule has 0 fully saturated rings. The van der Waals surface area contributed by atoms with Gasteiger partial charge >= 0.3 is 0 Å². The molecule has 7 heteroatoms. The molecule has 4 rings (SSSR count). The molecule has 0 aliphatic carbocycles. The third-order valence-corrected chi connectivity index (χ3v) is 3.27. The van der Waals surface area contributed by atoms with Crippen LogP contribution in [0.15, 0.2) is 36.7 Å². The Morgan fingerprint density at radius 2 is 1.81 bits per heavy atom. The van der Waals surface area contributed by atoms with E-state index in [1.165, 1.54) is 6.33 Å².